The molecule has 114 valence electrons. The van der Waals surface area contributed by atoms with Gasteiger partial charge in [0.1, 0.15) is 12.4 Å². The average Bonchev–Trinajstić information content (AvgIpc) is 2.77. The standard InChI is InChI=1S/C14H19ClN4O2/c1-9-17-18-13(19(9)2)8-21-14-11(15)6-10(4-5-16)7-12(14)20-3/h6-7H,4-5,8,16H2,1-3H3. The Morgan fingerprint density at radius 2 is 2.10 bits per heavy atom. The van der Waals surface area contributed by atoms with Gasteiger partial charge in [0, 0.05) is 7.05 Å². The van der Waals surface area contributed by atoms with Crippen molar-refractivity contribution in [3.63, 3.8) is 0 Å². The van der Waals surface area contributed by atoms with Gasteiger partial charge in [-0.25, -0.2) is 0 Å². The molecule has 0 radical (unpaired) electrons. The number of hydrogen-bond acceptors (Lipinski definition) is 5. The van der Waals surface area contributed by atoms with Crippen molar-refractivity contribution in [3.8, 4) is 11.5 Å². The molecule has 0 spiro atoms. The number of halogens is 1. The van der Waals surface area contributed by atoms with Crippen LogP contribution >= 0.6 is 11.6 Å². The number of methoxy groups -OCH3 is 1. The Morgan fingerprint density at radius 3 is 2.67 bits per heavy atom. The molecule has 1 aromatic carbocycles. The van der Waals surface area contributed by atoms with E-state index in [1.54, 1.807) is 7.11 Å². The van der Waals surface area contributed by atoms with Crippen LogP contribution in [0, 0.1) is 6.92 Å². The summed E-state index contributed by atoms with van der Waals surface area (Å²) >= 11 is 6.27. The van der Waals surface area contributed by atoms with Crippen LogP contribution in [0.3, 0.4) is 0 Å². The van der Waals surface area contributed by atoms with Gasteiger partial charge in [0.25, 0.3) is 0 Å². The Kier molecular flexibility index (Phi) is 5.03. The molecule has 2 rings (SSSR count). The fourth-order valence-electron chi connectivity index (χ4n) is 1.94. The molecule has 0 fully saturated rings. The van der Waals surface area contributed by atoms with Crippen molar-refractivity contribution in [1.82, 2.24) is 14.8 Å². The first kappa shape index (κ1) is 15.6. The summed E-state index contributed by atoms with van der Waals surface area (Å²) in [5, 5.41) is 8.53. The molecule has 0 unspecified atom stereocenters. The summed E-state index contributed by atoms with van der Waals surface area (Å²) in [7, 11) is 3.47. The molecular weight excluding hydrogens is 292 g/mol. The Hall–Kier alpha value is -1.79. The van der Waals surface area contributed by atoms with Crippen LogP contribution in [-0.2, 0) is 20.1 Å². The molecule has 0 aliphatic rings. The van der Waals surface area contributed by atoms with Gasteiger partial charge in [-0.15, -0.1) is 10.2 Å². The number of ether oxygens (including phenoxy) is 2. The van der Waals surface area contributed by atoms with E-state index < -0.39 is 0 Å². The predicted octanol–water partition coefficient (Wildman–Crippen LogP) is 1.87. The van der Waals surface area contributed by atoms with Crippen LogP contribution in [0.5, 0.6) is 11.5 Å². The third-order valence-corrected chi connectivity index (χ3v) is 3.53. The van der Waals surface area contributed by atoms with Crippen molar-refractivity contribution in [2.45, 2.75) is 20.0 Å². The fraction of sp³-hybridized carbons (Fsp3) is 0.429. The van der Waals surface area contributed by atoms with Gasteiger partial charge in [-0.3, -0.25) is 0 Å². The minimum Gasteiger partial charge on any atom is -0.493 e. The largest absolute Gasteiger partial charge is 0.493 e. The van der Waals surface area contributed by atoms with Crippen molar-refractivity contribution >= 4 is 11.6 Å². The van der Waals surface area contributed by atoms with E-state index in [4.69, 9.17) is 26.8 Å². The summed E-state index contributed by atoms with van der Waals surface area (Å²) in [5.74, 6) is 2.63. The number of aryl methyl sites for hydroxylation is 1. The minimum absolute atomic E-state index is 0.268. The summed E-state index contributed by atoms with van der Waals surface area (Å²) < 4.78 is 13.0. The van der Waals surface area contributed by atoms with Crippen LogP contribution < -0.4 is 15.2 Å². The summed E-state index contributed by atoms with van der Waals surface area (Å²) in [6.07, 6.45) is 0.735. The maximum absolute atomic E-state index is 6.27. The van der Waals surface area contributed by atoms with Crippen LogP contribution in [0.2, 0.25) is 5.02 Å². The molecule has 0 aliphatic carbocycles. The zero-order valence-electron chi connectivity index (χ0n) is 12.4. The number of aromatic nitrogens is 3. The predicted molar refractivity (Wildman–Crippen MR) is 80.8 cm³/mol. The van der Waals surface area contributed by atoms with E-state index in [0.29, 0.717) is 23.1 Å². The molecule has 7 heteroatoms. The van der Waals surface area contributed by atoms with Crippen molar-refractivity contribution < 1.29 is 9.47 Å². The van der Waals surface area contributed by atoms with E-state index in [1.807, 2.05) is 30.7 Å². The highest BCUT2D eigenvalue weighted by Crippen LogP contribution is 2.36. The lowest BCUT2D eigenvalue weighted by Crippen LogP contribution is -2.06. The molecule has 6 nitrogen and oxygen atoms in total. The molecule has 0 atom stereocenters. The Labute approximate surface area is 128 Å². The Bertz CT molecular complexity index is 628. The topological polar surface area (TPSA) is 75.2 Å². The zero-order chi connectivity index (χ0) is 15.4. The number of nitrogens with two attached hydrogens (primary N) is 1. The Balaban J connectivity index is 2.21. The monoisotopic (exact) mass is 310 g/mol. The highest BCUT2D eigenvalue weighted by molar-refractivity contribution is 6.32. The highest BCUT2D eigenvalue weighted by atomic mass is 35.5. The summed E-state index contributed by atoms with van der Waals surface area (Å²) in [6, 6.07) is 3.73. The van der Waals surface area contributed by atoms with E-state index >= 15 is 0 Å². The van der Waals surface area contributed by atoms with Gasteiger partial charge in [0.15, 0.2) is 17.3 Å². The van der Waals surface area contributed by atoms with E-state index in [0.717, 1.165) is 23.6 Å². The average molecular weight is 311 g/mol. The van der Waals surface area contributed by atoms with Gasteiger partial charge in [-0.1, -0.05) is 11.6 Å². The van der Waals surface area contributed by atoms with Crippen LogP contribution in [0.25, 0.3) is 0 Å². The molecule has 0 aliphatic heterocycles. The first-order valence-electron chi connectivity index (χ1n) is 6.61. The van der Waals surface area contributed by atoms with Gasteiger partial charge >= 0.3 is 0 Å². The molecule has 2 N–H and O–H groups in total. The zero-order valence-corrected chi connectivity index (χ0v) is 13.1. The van der Waals surface area contributed by atoms with Gasteiger partial charge in [0.2, 0.25) is 0 Å². The lowest BCUT2D eigenvalue weighted by atomic mass is 10.1. The van der Waals surface area contributed by atoms with Crippen LogP contribution in [0.4, 0.5) is 0 Å². The normalized spacial score (nSPS) is 10.7. The number of rotatable bonds is 6. The third-order valence-electron chi connectivity index (χ3n) is 3.25. The number of nitrogens with zero attached hydrogens (tertiary/aromatic N) is 3. The van der Waals surface area contributed by atoms with Crippen molar-refractivity contribution in [1.29, 1.82) is 0 Å². The quantitative estimate of drug-likeness (QED) is 0.881. The lowest BCUT2D eigenvalue weighted by Gasteiger charge is -2.14. The first-order chi connectivity index (χ1) is 10.1. The second kappa shape index (κ2) is 6.78. The fourth-order valence-corrected chi connectivity index (χ4v) is 2.23. The van der Waals surface area contributed by atoms with E-state index in [1.165, 1.54) is 0 Å². The van der Waals surface area contributed by atoms with E-state index in [-0.39, 0.29) is 6.61 Å². The molecule has 0 saturated carbocycles. The SMILES string of the molecule is COc1cc(CCN)cc(Cl)c1OCc1nnc(C)n1C. The Morgan fingerprint density at radius 1 is 1.33 bits per heavy atom. The molecule has 1 aromatic heterocycles. The molecule has 0 saturated heterocycles. The van der Waals surface area contributed by atoms with Gasteiger partial charge in [0.05, 0.1) is 12.1 Å². The highest BCUT2D eigenvalue weighted by Gasteiger charge is 2.14. The smallest absolute Gasteiger partial charge is 0.180 e. The number of hydrogen-bond donors (Lipinski definition) is 1. The van der Waals surface area contributed by atoms with Crippen molar-refractivity contribution in [2.24, 2.45) is 12.8 Å². The van der Waals surface area contributed by atoms with Gasteiger partial charge in [-0.05, 0) is 37.6 Å². The second-order valence-electron chi connectivity index (χ2n) is 4.66. The van der Waals surface area contributed by atoms with Crippen LogP contribution in [0.15, 0.2) is 12.1 Å². The second-order valence-corrected chi connectivity index (χ2v) is 5.07. The van der Waals surface area contributed by atoms with E-state index in [9.17, 15) is 0 Å². The molecule has 0 bridgehead atoms. The maximum atomic E-state index is 6.27. The molecule has 2 aromatic rings. The van der Waals surface area contributed by atoms with E-state index in [2.05, 4.69) is 10.2 Å². The van der Waals surface area contributed by atoms with Crippen LogP contribution in [-0.4, -0.2) is 28.4 Å². The van der Waals surface area contributed by atoms with Crippen molar-refractivity contribution in [2.75, 3.05) is 13.7 Å². The minimum atomic E-state index is 0.268. The molecular formula is C14H19ClN4O2. The van der Waals surface area contributed by atoms with Gasteiger partial charge in [-0.2, -0.15) is 0 Å². The molecule has 1 heterocycles. The molecule has 21 heavy (non-hydrogen) atoms. The summed E-state index contributed by atoms with van der Waals surface area (Å²) in [5.41, 5.74) is 6.58. The van der Waals surface area contributed by atoms with Crippen LogP contribution in [0.1, 0.15) is 17.2 Å². The maximum Gasteiger partial charge on any atom is 0.180 e. The first-order valence-corrected chi connectivity index (χ1v) is 6.98. The lowest BCUT2D eigenvalue weighted by molar-refractivity contribution is 0.272. The summed E-state index contributed by atoms with van der Waals surface area (Å²) in [6.45, 7) is 2.70. The number of benzene rings is 1. The summed E-state index contributed by atoms with van der Waals surface area (Å²) in [4.78, 5) is 0. The molecule has 0 amide bonds. The van der Waals surface area contributed by atoms with Crippen molar-refractivity contribution in [3.05, 3.63) is 34.4 Å². The third kappa shape index (κ3) is 3.46. The van der Waals surface area contributed by atoms with Gasteiger partial charge < -0.3 is 19.8 Å².